The molecule has 3 rings (SSSR count). The van der Waals surface area contributed by atoms with E-state index in [2.05, 4.69) is 26.5 Å². The van der Waals surface area contributed by atoms with Crippen molar-refractivity contribution in [3.8, 4) is 17.2 Å². The molecule has 1 N–H and O–H groups in total. The first-order valence-electron chi connectivity index (χ1n) is 10.9. The van der Waals surface area contributed by atoms with Crippen LogP contribution in [0.4, 0.5) is 0 Å². The third-order valence-electron chi connectivity index (χ3n) is 4.61. The Morgan fingerprint density at radius 3 is 2.43 bits per heavy atom. The van der Waals surface area contributed by atoms with E-state index in [1.165, 1.54) is 6.21 Å². The lowest BCUT2D eigenvalue weighted by molar-refractivity contribution is -0.127. The molecule has 0 spiro atoms. The van der Waals surface area contributed by atoms with Crippen LogP contribution in [0.25, 0.3) is 0 Å². The fraction of sp³-hybridized carbons (Fsp3) is 0.192. The number of carbonyl (C=O) groups is 2. The van der Waals surface area contributed by atoms with Crippen LogP contribution < -0.4 is 19.6 Å². The zero-order valence-electron chi connectivity index (χ0n) is 19.2. The summed E-state index contributed by atoms with van der Waals surface area (Å²) < 4.78 is 17.4. The minimum atomic E-state index is -0.794. The van der Waals surface area contributed by atoms with Gasteiger partial charge >= 0.3 is 5.97 Å². The summed E-state index contributed by atoms with van der Waals surface area (Å²) in [6, 6.07) is 18.5. The number of ether oxygens (including phenoxy) is 3. The maximum Gasteiger partial charge on any atom is 0.343 e. The largest absolute Gasteiger partial charge is 0.494 e. The fourth-order valence-electron chi connectivity index (χ4n) is 2.81. The highest BCUT2D eigenvalue weighted by Crippen LogP contribution is 2.23. The summed E-state index contributed by atoms with van der Waals surface area (Å²) in [5.74, 6) is 0.498. The van der Waals surface area contributed by atoms with Crippen LogP contribution in [0.5, 0.6) is 17.2 Å². The van der Waals surface area contributed by atoms with Crippen LogP contribution in [0.15, 0.2) is 76.3 Å². The third-order valence-corrected chi connectivity index (χ3v) is 5.36. The molecule has 0 aliphatic rings. The molecule has 0 radical (unpaired) electrons. The van der Waals surface area contributed by atoms with E-state index in [1.807, 2.05) is 6.92 Å². The predicted molar refractivity (Wildman–Crippen MR) is 139 cm³/mol. The van der Waals surface area contributed by atoms with Gasteiger partial charge in [-0.25, -0.2) is 10.2 Å². The fourth-order valence-corrected chi connectivity index (χ4v) is 3.31. The molecule has 1 atom stereocenters. The molecule has 9 heteroatoms. The summed E-state index contributed by atoms with van der Waals surface area (Å²) >= 11 is 9.25. The Morgan fingerprint density at radius 1 is 1.06 bits per heavy atom. The van der Waals surface area contributed by atoms with E-state index in [4.69, 9.17) is 25.8 Å². The van der Waals surface area contributed by atoms with Crippen molar-refractivity contribution in [1.82, 2.24) is 5.43 Å². The van der Waals surface area contributed by atoms with Crippen molar-refractivity contribution in [2.75, 3.05) is 6.61 Å². The summed E-state index contributed by atoms with van der Waals surface area (Å²) in [5.41, 5.74) is 3.29. The van der Waals surface area contributed by atoms with Crippen molar-refractivity contribution in [3.05, 3.63) is 87.4 Å². The smallest absolute Gasteiger partial charge is 0.343 e. The molecule has 3 aromatic rings. The Morgan fingerprint density at radius 2 is 1.74 bits per heavy atom. The molecular weight excluding hydrogens is 536 g/mol. The molecule has 182 valence electrons. The van der Waals surface area contributed by atoms with Crippen LogP contribution in [0, 0.1) is 0 Å². The lowest BCUT2D eigenvalue weighted by atomic mass is 10.2. The lowest BCUT2D eigenvalue weighted by Crippen LogP contribution is -2.33. The number of nitrogens with one attached hydrogen (secondary N) is 1. The molecule has 0 aliphatic heterocycles. The van der Waals surface area contributed by atoms with Gasteiger partial charge in [0.2, 0.25) is 0 Å². The van der Waals surface area contributed by atoms with E-state index in [0.717, 1.165) is 10.9 Å². The molecule has 0 fully saturated rings. The van der Waals surface area contributed by atoms with E-state index in [9.17, 15) is 9.59 Å². The highest BCUT2D eigenvalue weighted by atomic mass is 79.9. The van der Waals surface area contributed by atoms with Gasteiger partial charge in [0.05, 0.1) is 18.4 Å². The maximum absolute atomic E-state index is 12.6. The van der Waals surface area contributed by atoms with E-state index in [-0.39, 0.29) is 5.75 Å². The molecule has 0 aromatic heterocycles. The number of hydrazone groups is 1. The van der Waals surface area contributed by atoms with Crippen LogP contribution in [0.2, 0.25) is 5.02 Å². The summed E-state index contributed by atoms with van der Waals surface area (Å²) in [6.45, 7) is 4.23. The van der Waals surface area contributed by atoms with E-state index < -0.39 is 18.0 Å². The third kappa shape index (κ3) is 8.12. The first kappa shape index (κ1) is 26.2. The van der Waals surface area contributed by atoms with Gasteiger partial charge in [-0.3, -0.25) is 4.79 Å². The van der Waals surface area contributed by atoms with Crippen molar-refractivity contribution >= 4 is 45.6 Å². The number of nitrogens with zero attached hydrogens (tertiary/aromatic N) is 1. The normalized spacial score (nSPS) is 11.7. The molecule has 0 unspecified atom stereocenters. The Balaban J connectivity index is 1.62. The van der Waals surface area contributed by atoms with Gasteiger partial charge in [-0.15, -0.1) is 0 Å². The molecule has 0 bridgehead atoms. The number of amides is 1. The van der Waals surface area contributed by atoms with E-state index >= 15 is 0 Å². The Bertz CT molecular complexity index is 1180. The second-order valence-corrected chi connectivity index (χ2v) is 8.74. The minimum Gasteiger partial charge on any atom is -0.494 e. The van der Waals surface area contributed by atoms with Crippen molar-refractivity contribution < 1.29 is 23.8 Å². The van der Waals surface area contributed by atoms with Crippen molar-refractivity contribution in [1.29, 1.82) is 0 Å². The maximum atomic E-state index is 12.6. The average Bonchev–Trinajstić information content (AvgIpc) is 2.85. The highest BCUT2D eigenvalue weighted by Gasteiger charge is 2.15. The SMILES string of the molecule is CCCOc1ccc(C(=O)Oc2ccc(Br)cc2/C=N\NC(=O)[C@@H](C)Oc2ccc(Cl)cc2)cc1. The number of halogens is 2. The summed E-state index contributed by atoms with van der Waals surface area (Å²) in [5, 5.41) is 4.56. The molecule has 3 aromatic carbocycles. The molecule has 0 saturated heterocycles. The van der Waals surface area contributed by atoms with E-state index in [1.54, 1.807) is 73.7 Å². The highest BCUT2D eigenvalue weighted by molar-refractivity contribution is 9.10. The van der Waals surface area contributed by atoms with Gasteiger partial charge in [-0.1, -0.05) is 34.5 Å². The number of rotatable bonds is 10. The van der Waals surface area contributed by atoms with Gasteiger partial charge in [0, 0.05) is 15.1 Å². The average molecular weight is 560 g/mol. The van der Waals surface area contributed by atoms with Crippen LogP contribution in [-0.2, 0) is 4.79 Å². The van der Waals surface area contributed by atoms with Crippen molar-refractivity contribution in [2.45, 2.75) is 26.4 Å². The van der Waals surface area contributed by atoms with Crippen LogP contribution >= 0.6 is 27.5 Å². The number of benzene rings is 3. The van der Waals surface area contributed by atoms with Gasteiger partial charge in [-0.2, -0.15) is 5.10 Å². The number of hydrogen-bond donors (Lipinski definition) is 1. The van der Waals surface area contributed by atoms with Crippen molar-refractivity contribution in [2.24, 2.45) is 5.10 Å². The monoisotopic (exact) mass is 558 g/mol. The first-order valence-corrected chi connectivity index (χ1v) is 12.0. The van der Waals surface area contributed by atoms with Gasteiger partial charge in [-0.05, 0) is 80.1 Å². The van der Waals surface area contributed by atoms with Gasteiger partial charge in [0.25, 0.3) is 5.91 Å². The second-order valence-electron chi connectivity index (χ2n) is 7.39. The molecule has 35 heavy (non-hydrogen) atoms. The van der Waals surface area contributed by atoms with Crippen LogP contribution in [-0.4, -0.2) is 30.8 Å². The predicted octanol–water partition coefficient (Wildman–Crippen LogP) is 6.03. The summed E-state index contributed by atoms with van der Waals surface area (Å²) in [4.78, 5) is 25.0. The van der Waals surface area contributed by atoms with Crippen molar-refractivity contribution in [3.63, 3.8) is 0 Å². The Kier molecular flexibility index (Phi) is 9.69. The summed E-state index contributed by atoms with van der Waals surface area (Å²) in [6.07, 6.45) is 1.49. The minimum absolute atomic E-state index is 0.285. The zero-order valence-corrected chi connectivity index (χ0v) is 21.5. The molecular formula is C26H24BrClN2O5. The van der Waals surface area contributed by atoms with Gasteiger partial charge < -0.3 is 14.2 Å². The Hall–Kier alpha value is -3.36. The van der Waals surface area contributed by atoms with Gasteiger partial charge in [0.1, 0.15) is 17.2 Å². The molecule has 1 amide bonds. The Labute approximate surface area is 217 Å². The number of carbonyl (C=O) groups excluding carboxylic acids is 2. The zero-order chi connectivity index (χ0) is 25.2. The van der Waals surface area contributed by atoms with Crippen LogP contribution in [0.1, 0.15) is 36.2 Å². The van der Waals surface area contributed by atoms with E-state index in [0.29, 0.717) is 34.3 Å². The lowest BCUT2D eigenvalue weighted by Gasteiger charge is -2.13. The topological polar surface area (TPSA) is 86.2 Å². The number of hydrogen-bond acceptors (Lipinski definition) is 6. The first-order chi connectivity index (χ1) is 16.9. The van der Waals surface area contributed by atoms with Crippen LogP contribution in [0.3, 0.4) is 0 Å². The molecule has 0 heterocycles. The molecule has 7 nitrogen and oxygen atoms in total. The molecule has 0 saturated carbocycles. The quantitative estimate of drug-likeness (QED) is 0.142. The van der Waals surface area contributed by atoms with Gasteiger partial charge in [0.15, 0.2) is 6.10 Å². The molecule has 0 aliphatic carbocycles. The second kappa shape index (κ2) is 12.9. The number of esters is 1. The summed E-state index contributed by atoms with van der Waals surface area (Å²) in [7, 11) is 0. The standard InChI is InChI=1S/C26H24BrClN2O5/c1-3-14-33-22-9-4-18(5-10-22)26(32)35-24-13-6-20(27)15-19(24)16-29-30-25(31)17(2)34-23-11-7-21(28)8-12-23/h4-13,15-17H,3,14H2,1-2H3,(H,30,31)/b29-16-/t17-/m1/s1.